The number of esters is 1. The highest BCUT2D eigenvalue weighted by molar-refractivity contribution is 5.77. The standard InChI is InChI=1S/C18H21NO2/c1-18(2,17(20)21-3)16(19)15-11-7-10-14(12-15)13-8-5-4-6-9-13/h4-12,16H,19H2,1-3H3/t16-/m1/s1. The summed E-state index contributed by atoms with van der Waals surface area (Å²) >= 11 is 0. The Balaban J connectivity index is 2.36. The van der Waals surface area contributed by atoms with Crippen LogP contribution in [0.3, 0.4) is 0 Å². The summed E-state index contributed by atoms with van der Waals surface area (Å²) in [4.78, 5) is 11.9. The van der Waals surface area contributed by atoms with Crippen LogP contribution >= 0.6 is 0 Å². The van der Waals surface area contributed by atoms with Crippen LogP contribution in [0.5, 0.6) is 0 Å². The van der Waals surface area contributed by atoms with E-state index in [0.29, 0.717) is 0 Å². The molecule has 0 amide bonds. The third kappa shape index (κ3) is 3.14. The van der Waals surface area contributed by atoms with Crippen molar-refractivity contribution in [2.24, 2.45) is 11.1 Å². The smallest absolute Gasteiger partial charge is 0.313 e. The molecule has 3 nitrogen and oxygen atoms in total. The van der Waals surface area contributed by atoms with Gasteiger partial charge in [-0.05, 0) is 36.6 Å². The van der Waals surface area contributed by atoms with Gasteiger partial charge in [0.2, 0.25) is 0 Å². The van der Waals surface area contributed by atoms with Gasteiger partial charge in [0.15, 0.2) is 0 Å². The first-order valence-corrected chi connectivity index (χ1v) is 6.96. The zero-order chi connectivity index (χ0) is 15.5. The van der Waals surface area contributed by atoms with Crippen molar-refractivity contribution in [3.8, 4) is 11.1 Å². The maximum absolute atomic E-state index is 11.9. The highest BCUT2D eigenvalue weighted by atomic mass is 16.5. The Hall–Kier alpha value is -2.13. The Bertz CT molecular complexity index is 620. The molecule has 0 saturated heterocycles. The van der Waals surface area contributed by atoms with Gasteiger partial charge in [-0.3, -0.25) is 4.79 Å². The maximum Gasteiger partial charge on any atom is 0.313 e. The second-order valence-electron chi connectivity index (χ2n) is 5.68. The maximum atomic E-state index is 11.9. The minimum atomic E-state index is -0.774. The molecule has 2 aromatic carbocycles. The Kier molecular flexibility index (Phi) is 4.43. The van der Waals surface area contributed by atoms with Gasteiger partial charge in [-0.2, -0.15) is 0 Å². The topological polar surface area (TPSA) is 52.3 Å². The number of hydrogen-bond acceptors (Lipinski definition) is 3. The number of hydrogen-bond donors (Lipinski definition) is 1. The van der Waals surface area contributed by atoms with Crippen molar-refractivity contribution in [3.63, 3.8) is 0 Å². The Morgan fingerprint density at radius 3 is 2.29 bits per heavy atom. The molecule has 2 aromatic rings. The molecule has 110 valence electrons. The van der Waals surface area contributed by atoms with E-state index in [1.807, 2.05) is 42.5 Å². The van der Waals surface area contributed by atoms with Crippen LogP contribution < -0.4 is 5.73 Å². The number of benzene rings is 2. The van der Waals surface area contributed by atoms with Crippen molar-refractivity contribution < 1.29 is 9.53 Å². The lowest BCUT2D eigenvalue weighted by molar-refractivity contribution is -0.152. The van der Waals surface area contributed by atoms with Crippen LogP contribution in [0.4, 0.5) is 0 Å². The zero-order valence-electron chi connectivity index (χ0n) is 12.7. The molecule has 0 unspecified atom stereocenters. The lowest BCUT2D eigenvalue weighted by atomic mass is 9.80. The second kappa shape index (κ2) is 6.10. The predicted octanol–water partition coefficient (Wildman–Crippen LogP) is 3.55. The Morgan fingerprint density at radius 1 is 1.05 bits per heavy atom. The molecule has 1 atom stereocenters. The van der Waals surface area contributed by atoms with Gasteiger partial charge in [0.25, 0.3) is 0 Å². The molecular formula is C18H21NO2. The van der Waals surface area contributed by atoms with Gasteiger partial charge in [0.1, 0.15) is 0 Å². The van der Waals surface area contributed by atoms with Crippen LogP contribution in [0.15, 0.2) is 54.6 Å². The molecule has 2 N–H and O–H groups in total. The molecule has 0 radical (unpaired) electrons. The Morgan fingerprint density at radius 2 is 1.67 bits per heavy atom. The average molecular weight is 283 g/mol. The second-order valence-corrected chi connectivity index (χ2v) is 5.68. The predicted molar refractivity (Wildman–Crippen MR) is 84.6 cm³/mol. The first-order chi connectivity index (χ1) is 9.96. The third-order valence-corrected chi connectivity index (χ3v) is 3.84. The van der Waals surface area contributed by atoms with Crippen LogP contribution in [0, 0.1) is 5.41 Å². The van der Waals surface area contributed by atoms with Gasteiger partial charge < -0.3 is 10.5 Å². The molecule has 0 aliphatic carbocycles. The fourth-order valence-corrected chi connectivity index (χ4v) is 2.35. The number of methoxy groups -OCH3 is 1. The van der Waals surface area contributed by atoms with Crippen LogP contribution in [0.1, 0.15) is 25.5 Å². The van der Waals surface area contributed by atoms with Crippen LogP contribution in [0.2, 0.25) is 0 Å². The molecule has 0 aliphatic heterocycles. The van der Waals surface area contributed by atoms with E-state index >= 15 is 0 Å². The summed E-state index contributed by atoms with van der Waals surface area (Å²) in [5.41, 5.74) is 8.66. The first kappa shape index (κ1) is 15.3. The van der Waals surface area contributed by atoms with Gasteiger partial charge in [-0.1, -0.05) is 48.5 Å². The molecule has 0 spiro atoms. The summed E-state index contributed by atoms with van der Waals surface area (Å²) in [6.45, 7) is 3.61. The SMILES string of the molecule is COC(=O)C(C)(C)[C@H](N)c1cccc(-c2ccccc2)c1. The van der Waals surface area contributed by atoms with E-state index in [4.69, 9.17) is 10.5 Å². The van der Waals surface area contributed by atoms with E-state index in [1.54, 1.807) is 13.8 Å². The van der Waals surface area contributed by atoms with Gasteiger partial charge in [-0.25, -0.2) is 0 Å². The summed E-state index contributed by atoms with van der Waals surface area (Å²) in [6, 6.07) is 17.6. The van der Waals surface area contributed by atoms with Crippen LogP contribution in [-0.4, -0.2) is 13.1 Å². The molecule has 3 heteroatoms. The molecule has 0 aromatic heterocycles. The van der Waals surface area contributed by atoms with Gasteiger partial charge >= 0.3 is 5.97 Å². The summed E-state index contributed by atoms with van der Waals surface area (Å²) in [7, 11) is 1.39. The molecule has 0 heterocycles. The number of nitrogens with two attached hydrogens (primary N) is 1. The van der Waals surface area contributed by atoms with Crippen LogP contribution in [-0.2, 0) is 9.53 Å². The first-order valence-electron chi connectivity index (χ1n) is 6.96. The Labute approximate surface area is 125 Å². The highest BCUT2D eigenvalue weighted by Crippen LogP contribution is 2.34. The van der Waals surface area contributed by atoms with E-state index in [1.165, 1.54) is 7.11 Å². The lowest BCUT2D eigenvalue weighted by Crippen LogP contribution is -2.37. The lowest BCUT2D eigenvalue weighted by Gasteiger charge is -2.29. The van der Waals surface area contributed by atoms with Crippen molar-refractivity contribution in [1.29, 1.82) is 0 Å². The summed E-state index contributed by atoms with van der Waals surface area (Å²) in [5.74, 6) is -0.305. The van der Waals surface area contributed by atoms with E-state index in [-0.39, 0.29) is 5.97 Å². The number of carbonyl (C=O) groups is 1. The van der Waals surface area contributed by atoms with E-state index in [0.717, 1.165) is 16.7 Å². The molecule has 0 bridgehead atoms. The monoisotopic (exact) mass is 283 g/mol. The van der Waals surface area contributed by atoms with Crippen molar-refractivity contribution in [2.75, 3.05) is 7.11 Å². The molecule has 0 fully saturated rings. The van der Waals surface area contributed by atoms with E-state index < -0.39 is 11.5 Å². The van der Waals surface area contributed by atoms with Crippen molar-refractivity contribution in [1.82, 2.24) is 0 Å². The molecule has 21 heavy (non-hydrogen) atoms. The van der Waals surface area contributed by atoms with E-state index in [9.17, 15) is 4.79 Å². The molecule has 2 rings (SSSR count). The van der Waals surface area contributed by atoms with E-state index in [2.05, 4.69) is 12.1 Å². The highest BCUT2D eigenvalue weighted by Gasteiger charge is 2.36. The summed E-state index contributed by atoms with van der Waals surface area (Å²) in [6.07, 6.45) is 0. The quantitative estimate of drug-likeness (QED) is 0.873. The normalized spacial score (nSPS) is 12.8. The fourth-order valence-electron chi connectivity index (χ4n) is 2.35. The van der Waals surface area contributed by atoms with Gasteiger partial charge in [-0.15, -0.1) is 0 Å². The van der Waals surface area contributed by atoms with Crippen molar-refractivity contribution in [3.05, 3.63) is 60.2 Å². The minimum absolute atomic E-state index is 0.305. The van der Waals surface area contributed by atoms with Crippen molar-refractivity contribution >= 4 is 5.97 Å². The molecule has 0 saturated carbocycles. The average Bonchev–Trinajstić information content (AvgIpc) is 2.54. The van der Waals surface area contributed by atoms with Crippen molar-refractivity contribution in [2.45, 2.75) is 19.9 Å². The van der Waals surface area contributed by atoms with Crippen LogP contribution in [0.25, 0.3) is 11.1 Å². The summed E-state index contributed by atoms with van der Waals surface area (Å²) in [5, 5.41) is 0. The van der Waals surface area contributed by atoms with Gasteiger partial charge in [0.05, 0.1) is 12.5 Å². The van der Waals surface area contributed by atoms with Gasteiger partial charge in [0, 0.05) is 6.04 Å². The molecular weight excluding hydrogens is 262 g/mol. The fraction of sp³-hybridized carbons (Fsp3) is 0.278. The number of carbonyl (C=O) groups excluding carboxylic acids is 1. The zero-order valence-corrected chi connectivity index (χ0v) is 12.7. The number of ether oxygens (including phenoxy) is 1. The summed E-state index contributed by atoms with van der Waals surface area (Å²) < 4.78 is 4.85. The number of rotatable bonds is 4. The third-order valence-electron chi connectivity index (χ3n) is 3.84. The minimum Gasteiger partial charge on any atom is -0.469 e. The largest absolute Gasteiger partial charge is 0.469 e. The molecule has 0 aliphatic rings.